The van der Waals surface area contributed by atoms with Gasteiger partial charge in [0.2, 0.25) is 0 Å². The molecule has 146 valence electrons. The second-order valence-electron chi connectivity index (χ2n) is 9.04. The number of amides is 1. The standard InChI is InChI=1S/C23H27N3O2/c1-26-20(28)23(25-21(26)24)19-12-16(5-4-15-2-3-15)6-7-18(19)13-22(23)10-8-17(14-27)9-11-22/h6-7,12,15,17,27H,2-3,8-11,13-14H2,1H3,(H2,24,25). The van der Waals surface area contributed by atoms with E-state index in [-0.39, 0.29) is 17.9 Å². The van der Waals surface area contributed by atoms with Gasteiger partial charge in [-0.3, -0.25) is 9.69 Å². The molecule has 0 saturated heterocycles. The summed E-state index contributed by atoms with van der Waals surface area (Å²) in [5.41, 5.74) is 8.12. The van der Waals surface area contributed by atoms with Gasteiger partial charge in [-0.2, -0.15) is 0 Å². The summed E-state index contributed by atoms with van der Waals surface area (Å²) in [5, 5.41) is 9.60. The number of rotatable bonds is 1. The molecule has 1 unspecified atom stereocenters. The topological polar surface area (TPSA) is 78.9 Å². The van der Waals surface area contributed by atoms with E-state index in [0.717, 1.165) is 43.2 Å². The van der Waals surface area contributed by atoms with Crippen LogP contribution in [0.25, 0.3) is 0 Å². The maximum Gasteiger partial charge on any atom is 0.262 e. The molecule has 28 heavy (non-hydrogen) atoms. The van der Waals surface area contributed by atoms with Crippen molar-refractivity contribution in [1.82, 2.24) is 4.90 Å². The van der Waals surface area contributed by atoms with E-state index in [1.807, 2.05) is 0 Å². The molecule has 0 radical (unpaired) electrons. The second kappa shape index (κ2) is 6.09. The number of likely N-dealkylation sites (N-methyl/N-ethyl adjacent to an activating group) is 1. The fraction of sp³-hybridized carbons (Fsp3) is 0.565. The van der Waals surface area contributed by atoms with Gasteiger partial charge in [-0.15, -0.1) is 0 Å². The van der Waals surface area contributed by atoms with Gasteiger partial charge in [-0.25, -0.2) is 4.99 Å². The largest absolute Gasteiger partial charge is 0.396 e. The Morgan fingerprint density at radius 2 is 2.04 bits per heavy atom. The Morgan fingerprint density at radius 1 is 1.29 bits per heavy atom. The average Bonchev–Trinajstić information content (AvgIpc) is 3.47. The predicted octanol–water partition coefficient (Wildman–Crippen LogP) is 2.16. The van der Waals surface area contributed by atoms with Crippen LogP contribution >= 0.6 is 0 Å². The normalized spacial score (nSPS) is 33.8. The second-order valence-corrected chi connectivity index (χ2v) is 9.04. The molecule has 5 nitrogen and oxygen atoms in total. The molecule has 1 amide bonds. The SMILES string of the molecule is CN1C(=O)C2(N=C1N)c1cc(C#CC3CC3)ccc1CC21CCC(CO)CC1. The van der Waals surface area contributed by atoms with Crippen molar-refractivity contribution >= 4 is 11.9 Å². The number of aliphatic imine (C=N–C) groups is 1. The third-order valence-corrected chi connectivity index (χ3v) is 7.35. The van der Waals surface area contributed by atoms with Crippen LogP contribution in [0.4, 0.5) is 0 Å². The molecule has 2 saturated carbocycles. The number of hydrogen-bond acceptors (Lipinski definition) is 4. The highest BCUT2D eigenvalue weighted by atomic mass is 16.3. The fourth-order valence-corrected chi connectivity index (χ4v) is 5.45. The van der Waals surface area contributed by atoms with Crippen LogP contribution in [0.5, 0.6) is 0 Å². The van der Waals surface area contributed by atoms with E-state index in [9.17, 15) is 9.90 Å². The Balaban J connectivity index is 1.63. The lowest BCUT2D eigenvalue weighted by Gasteiger charge is -2.45. The minimum atomic E-state index is -0.932. The van der Waals surface area contributed by atoms with E-state index >= 15 is 0 Å². The van der Waals surface area contributed by atoms with Crippen LogP contribution in [0.2, 0.25) is 0 Å². The quantitative estimate of drug-likeness (QED) is 0.736. The van der Waals surface area contributed by atoms with Crippen LogP contribution in [-0.2, 0) is 16.8 Å². The maximum atomic E-state index is 13.6. The first-order chi connectivity index (χ1) is 13.5. The molecule has 3 aliphatic carbocycles. The van der Waals surface area contributed by atoms with Gasteiger partial charge in [-0.05, 0) is 74.1 Å². The van der Waals surface area contributed by atoms with Crippen LogP contribution < -0.4 is 5.73 Å². The van der Waals surface area contributed by atoms with E-state index < -0.39 is 5.54 Å². The highest BCUT2D eigenvalue weighted by Gasteiger charge is 2.66. The molecule has 1 aromatic carbocycles. The zero-order chi connectivity index (χ0) is 19.5. The molecule has 2 fully saturated rings. The molecular weight excluding hydrogens is 350 g/mol. The summed E-state index contributed by atoms with van der Waals surface area (Å²) >= 11 is 0. The molecule has 0 bridgehead atoms. The van der Waals surface area contributed by atoms with Crippen molar-refractivity contribution in [3.8, 4) is 11.8 Å². The average molecular weight is 377 g/mol. The molecule has 2 spiro atoms. The van der Waals surface area contributed by atoms with Crippen molar-refractivity contribution in [3.63, 3.8) is 0 Å². The number of hydrogen-bond donors (Lipinski definition) is 2. The molecule has 1 aliphatic heterocycles. The van der Waals surface area contributed by atoms with Crippen LogP contribution in [0.15, 0.2) is 23.2 Å². The lowest BCUT2D eigenvalue weighted by Crippen LogP contribution is -2.51. The fourth-order valence-electron chi connectivity index (χ4n) is 5.45. The summed E-state index contributed by atoms with van der Waals surface area (Å²) in [6, 6.07) is 6.31. The van der Waals surface area contributed by atoms with Crippen LogP contribution in [-0.4, -0.2) is 35.5 Å². The van der Waals surface area contributed by atoms with Gasteiger partial charge in [0.25, 0.3) is 5.91 Å². The molecular formula is C23H27N3O2. The summed E-state index contributed by atoms with van der Waals surface area (Å²) in [4.78, 5) is 19.9. The summed E-state index contributed by atoms with van der Waals surface area (Å²) in [5.74, 6) is 7.77. The molecule has 5 rings (SSSR count). The number of aliphatic hydroxyl groups is 1. The van der Waals surface area contributed by atoms with Crippen molar-refractivity contribution in [1.29, 1.82) is 0 Å². The Hall–Kier alpha value is -2.32. The van der Waals surface area contributed by atoms with Gasteiger partial charge in [0.15, 0.2) is 11.5 Å². The number of carbonyl (C=O) groups is 1. The molecule has 4 aliphatic rings. The summed E-state index contributed by atoms with van der Waals surface area (Å²) in [6.45, 7) is 0.218. The number of carbonyl (C=O) groups excluding carboxylic acids is 1. The highest BCUT2D eigenvalue weighted by molar-refractivity contribution is 6.08. The Kier molecular flexibility index (Phi) is 3.86. The zero-order valence-corrected chi connectivity index (χ0v) is 16.4. The van der Waals surface area contributed by atoms with Crippen LogP contribution in [0, 0.1) is 29.1 Å². The molecule has 0 aromatic heterocycles. The maximum absolute atomic E-state index is 13.6. The van der Waals surface area contributed by atoms with Gasteiger partial charge < -0.3 is 10.8 Å². The molecule has 5 heteroatoms. The minimum Gasteiger partial charge on any atom is -0.396 e. The van der Waals surface area contributed by atoms with Crippen molar-refractivity contribution in [3.05, 3.63) is 34.9 Å². The van der Waals surface area contributed by atoms with Gasteiger partial charge >= 0.3 is 0 Å². The number of nitrogens with zero attached hydrogens (tertiary/aromatic N) is 2. The van der Waals surface area contributed by atoms with Crippen LogP contribution in [0.1, 0.15) is 55.2 Å². The monoisotopic (exact) mass is 377 g/mol. The number of nitrogens with two attached hydrogens (primary N) is 1. The van der Waals surface area contributed by atoms with Gasteiger partial charge in [0, 0.05) is 30.6 Å². The van der Waals surface area contributed by atoms with E-state index in [4.69, 9.17) is 10.7 Å². The van der Waals surface area contributed by atoms with E-state index in [2.05, 4.69) is 30.0 Å². The van der Waals surface area contributed by atoms with Crippen molar-refractivity contribution in [2.75, 3.05) is 13.7 Å². The van der Waals surface area contributed by atoms with E-state index in [1.165, 1.54) is 23.3 Å². The first-order valence-corrected chi connectivity index (χ1v) is 10.4. The van der Waals surface area contributed by atoms with Crippen molar-refractivity contribution in [2.45, 2.75) is 50.5 Å². The Labute approximate surface area is 166 Å². The Bertz CT molecular complexity index is 929. The lowest BCUT2D eigenvalue weighted by molar-refractivity contribution is -0.136. The summed E-state index contributed by atoms with van der Waals surface area (Å²) in [6.07, 6.45) is 6.84. The summed E-state index contributed by atoms with van der Waals surface area (Å²) < 4.78 is 0. The Morgan fingerprint density at radius 3 is 2.64 bits per heavy atom. The first-order valence-electron chi connectivity index (χ1n) is 10.4. The molecule has 3 N–H and O–H groups in total. The zero-order valence-electron chi connectivity index (χ0n) is 16.4. The number of guanidine groups is 1. The van der Waals surface area contributed by atoms with Crippen molar-refractivity contribution < 1.29 is 9.90 Å². The van der Waals surface area contributed by atoms with Crippen LogP contribution in [0.3, 0.4) is 0 Å². The third-order valence-electron chi connectivity index (χ3n) is 7.35. The first kappa shape index (κ1) is 17.8. The minimum absolute atomic E-state index is 0.0153. The predicted molar refractivity (Wildman–Crippen MR) is 107 cm³/mol. The van der Waals surface area contributed by atoms with E-state index in [1.54, 1.807) is 7.05 Å². The highest BCUT2D eigenvalue weighted by Crippen LogP contribution is 2.62. The molecule has 1 aromatic rings. The van der Waals surface area contributed by atoms with Gasteiger partial charge in [-0.1, -0.05) is 17.9 Å². The molecule has 1 heterocycles. The molecule has 1 atom stereocenters. The number of aliphatic hydroxyl groups excluding tert-OH is 1. The smallest absolute Gasteiger partial charge is 0.262 e. The van der Waals surface area contributed by atoms with Gasteiger partial charge in [0.1, 0.15) is 0 Å². The van der Waals surface area contributed by atoms with E-state index in [0.29, 0.717) is 17.8 Å². The summed E-state index contributed by atoms with van der Waals surface area (Å²) in [7, 11) is 1.72. The van der Waals surface area contributed by atoms with Gasteiger partial charge in [0.05, 0.1) is 0 Å². The third kappa shape index (κ3) is 2.37. The lowest BCUT2D eigenvalue weighted by atomic mass is 9.60. The number of benzene rings is 1. The number of fused-ring (bicyclic) bond motifs is 3. The van der Waals surface area contributed by atoms with Crippen molar-refractivity contribution in [2.24, 2.45) is 28.0 Å².